The lowest BCUT2D eigenvalue weighted by atomic mass is 9.83. The molecule has 0 aromatic carbocycles. The first kappa shape index (κ1) is 78.6. The number of anilines is 3. The van der Waals surface area contributed by atoms with Crippen LogP contribution >= 0.6 is 0 Å². The van der Waals surface area contributed by atoms with Crippen LogP contribution in [-0.4, -0.2) is 192 Å². The van der Waals surface area contributed by atoms with Gasteiger partial charge in [0.05, 0.1) is 18.3 Å². The summed E-state index contributed by atoms with van der Waals surface area (Å²) in [6, 6.07) is 2.12. The van der Waals surface area contributed by atoms with E-state index in [0.29, 0.717) is 89.6 Å². The summed E-state index contributed by atoms with van der Waals surface area (Å²) in [4.78, 5) is 76.9. The topological polar surface area (TPSA) is 253 Å². The van der Waals surface area contributed by atoms with Crippen molar-refractivity contribution in [2.45, 2.75) is 332 Å². The number of fused-ring (bicyclic) bond motifs is 3. The number of hydrogen-bond acceptors (Lipinski definition) is 16. The van der Waals surface area contributed by atoms with Crippen LogP contribution in [0.4, 0.5) is 17.8 Å². The Morgan fingerprint density at radius 2 is 0.664 bits per heavy atom. The quantitative estimate of drug-likeness (QED) is 0.0392. The van der Waals surface area contributed by atoms with Crippen LogP contribution in [0.1, 0.15) is 312 Å². The van der Waals surface area contributed by atoms with Crippen molar-refractivity contribution in [1.82, 2.24) is 63.2 Å². The summed E-state index contributed by atoms with van der Waals surface area (Å²) in [6.07, 6.45) is 47.4. The Bertz CT molecular complexity index is 3820. The Balaban J connectivity index is 0.000000142. The van der Waals surface area contributed by atoms with Crippen molar-refractivity contribution in [2.75, 3.05) is 75.4 Å². The number of aliphatic hydroxyl groups is 3. The van der Waals surface area contributed by atoms with Crippen molar-refractivity contribution >= 4 is 68.7 Å². The number of rotatable bonds is 21. The van der Waals surface area contributed by atoms with Crippen molar-refractivity contribution in [3.05, 3.63) is 53.9 Å². The Labute approximate surface area is 637 Å². The molecule has 3 amide bonds. The number of nitrogens with zero attached hydrogens (tertiary/aromatic N) is 13. The Hall–Kier alpha value is -6.49. The van der Waals surface area contributed by atoms with Crippen LogP contribution < -0.4 is 16.0 Å². The molecule has 588 valence electrons. The molecule has 4 saturated heterocycles. The maximum absolute atomic E-state index is 13.2. The lowest BCUT2D eigenvalue weighted by Gasteiger charge is -2.36. The minimum absolute atomic E-state index is 0.170. The molecule has 6 aromatic rings. The number of nitrogens with one attached hydrogen (secondary N) is 3. The largest absolute Gasteiger partial charge is 0.393 e. The second-order valence-electron chi connectivity index (χ2n) is 34.5. The fourth-order valence-electron chi connectivity index (χ4n) is 19.6. The van der Waals surface area contributed by atoms with Crippen LogP contribution in [0.2, 0.25) is 0 Å². The van der Waals surface area contributed by atoms with Crippen molar-refractivity contribution in [2.24, 2.45) is 17.8 Å². The van der Waals surface area contributed by atoms with Crippen LogP contribution in [0.25, 0.3) is 33.1 Å². The van der Waals surface area contributed by atoms with E-state index in [1.165, 1.54) is 42.4 Å². The second kappa shape index (κ2) is 37.0. The maximum atomic E-state index is 13.2. The number of amides is 3. The van der Waals surface area contributed by atoms with Crippen molar-refractivity contribution in [3.63, 3.8) is 0 Å². The number of carbonyl (C=O) groups excluding carboxylic acids is 3. The number of carbonyl (C=O) groups is 3. The molecule has 6 N–H and O–H groups in total. The van der Waals surface area contributed by atoms with E-state index in [1.807, 2.05) is 18.6 Å². The van der Waals surface area contributed by atoms with Gasteiger partial charge in [0.15, 0.2) is 0 Å². The molecular formula is C85H132N16O6. The molecule has 9 aliphatic rings. The molecule has 5 aliphatic carbocycles. The van der Waals surface area contributed by atoms with Gasteiger partial charge in [0, 0.05) is 147 Å². The normalized spacial score (nSPS) is 25.3. The third-order valence-electron chi connectivity index (χ3n) is 26.5. The predicted molar refractivity (Wildman–Crippen MR) is 427 cm³/mol. The van der Waals surface area contributed by atoms with Gasteiger partial charge in [-0.1, -0.05) is 65.7 Å². The lowest BCUT2D eigenvalue weighted by Crippen LogP contribution is -2.44. The zero-order valence-corrected chi connectivity index (χ0v) is 66.2. The molecule has 22 heteroatoms. The van der Waals surface area contributed by atoms with Gasteiger partial charge in [0.2, 0.25) is 35.6 Å². The summed E-state index contributed by atoms with van der Waals surface area (Å²) in [5, 5.41) is 44.1. The van der Waals surface area contributed by atoms with Crippen LogP contribution in [-0.2, 0) is 14.4 Å². The first-order chi connectivity index (χ1) is 52.0. The highest BCUT2D eigenvalue weighted by Crippen LogP contribution is 2.44. The minimum Gasteiger partial charge on any atom is -0.393 e. The van der Waals surface area contributed by atoms with E-state index in [4.69, 9.17) is 29.9 Å². The second-order valence-corrected chi connectivity index (χ2v) is 34.5. The SMILES string of the molecule is CCC[C@H](C)Nc1ncc2c(C3CCN(C(=O)C4CCC4)CC3)cn(C3CCC(O)CC3)c2n1.CCC[C@H](C)Nc1ncc2c(C3CCN(C(=O)C4CCCCC4)CC3)cn(C3CCC(O)CC3)c2n1.CCC[C@H](C)Nc1ncc2c(C3CCN(C(=O)C4CCN(C)CC4)CC3)cn(C3CCC(O)CC3)c2n1. The van der Waals surface area contributed by atoms with Gasteiger partial charge in [-0.3, -0.25) is 14.4 Å². The summed E-state index contributed by atoms with van der Waals surface area (Å²) < 4.78 is 7.14. The third-order valence-corrected chi connectivity index (χ3v) is 26.5. The molecule has 10 heterocycles. The van der Waals surface area contributed by atoms with Crippen molar-refractivity contribution in [3.8, 4) is 0 Å². The smallest absolute Gasteiger partial charge is 0.225 e. The summed E-state index contributed by atoms with van der Waals surface area (Å²) in [5.74, 6) is 5.29. The van der Waals surface area contributed by atoms with Gasteiger partial charge in [-0.25, -0.2) is 15.0 Å². The van der Waals surface area contributed by atoms with E-state index >= 15 is 0 Å². The highest BCUT2D eigenvalue weighted by molar-refractivity contribution is 5.85. The van der Waals surface area contributed by atoms with E-state index < -0.39 is 0 Å². The van der Waals surface area contributed by atoms with Gasteiger partial charge in [0.25, 0.3) is 0 Å². The third kappa shape index (κ3) is 19.3. The molecule has 0 bridgehead atoms. The molecule has 3 atom stereocenters. The monoisotopic (exact) mass is 1470 g/mol. The van der Waals surface area contributed by atoms with E-state index in [-0.39, 0.29) is 36.1 Å². The molecule has 9 fully saturated rings. The predicted octanol–water partition coefficient (Wildman–Crippen LogP) is 15.4. The van der Waals surface area contributed by atoms with Crippen LogP contribution in [0.5, 0.6) is 0 Å². The van der Waals surface area contributed by atoms with Gasteiger partial charge >= 0.3 is 0 Å². The molecule has 5 saturated carbocycles. The standard InChI is InChI=1S/C29H46N6O2.C29H45N5O2.C27H41N5O2/c1-4-5-20(2)31-29-30-18-25-26(19-35(27(25)32-29)23-6-8-24(36)9-7-23)21-12-16-34(17-13-21)28(37)22-10-14-33(3)15-11-22;1-3-7-20(2)31-29-30-18-25-26(19-34(27(25)32-29)23-10-12-24(35)13-11-23)21-14-16-33(17-15-21)28(36)22-8-5-4-6-9-22;1-3-5-18(2)29-27-28-16-23-24(17-32(25(23)30-27)21-8-10-22(33)11-9-21)19-12-14-31(15-13-19)26(34)20-6-4-7-20/h18-24,36H,4-17H2,1-3H3,(H,30,31,32);18-24,35H,3-17H2,1-2H3,(H,30,31,32);16-22,33H,3-15H2,1-2H3,(H,28,29,30)/t2*20-,23?,24?;18-,21?,22?/m000/s1. The number of piperidine rings is 4. The Kier molecular flexibility index (Phi) is 27.2. The molecule has 0 radical (unpaired) electrons. The molecule has 107 heavy (non-hydrogen) atoms. The molecule has 0 spiro atoms. The van der Waals surface area contributed by atoms with Gasteiger partial charge in [-0.2, -0.15) is 15.0 Å². The van der Waals surface area contributed by atoms with Crippen molar-refractivity contribution < 1.29 is 29.7 Å². The fourth-order valence-corrected chi connectivity index (χ4v) is 19.6. The first-order valence-electron chi connectivity index (χ1n) is 43.0. The number of aliphatic hydroxyl groups excluding tert-OH is 3. The average molecular weight is 1470 g/mol. The number of aromatic nitrogens is 9. The zero-order chi connectivity index (χ0) is 74.7. The van der Waals surface area contributed by atoms with Gasteiger partial charge < -0.3 is 64.6 Å². The molecule has 4 aliphatic heterocycles. The molecular weight excluding hydrogens is 1340 g/mol. The average Bonchev–Trinajstić information content (AvgIpc) is 1.63. The number of hydrogen-bond donors (Lipinski definition) is 6. The lowest BCUT2D eigenvalue weighted by molar-refractivity contribution is -0.139. The van der Waals surface area contributed by atoms with Gasteiger partial charge in [0.1, 0.15) is 16.9 Å². The summed E-state index contributed by atoms with van der Waals surface area (Å²) in [5.41, 5.74) is 7.07. The van der Waals surface area contributed by atoms with Gasteiger partial charge in [-0.05, 0) is 249 Å². The van der Waals surface area contributed by atoms with Crippen LogP contribution in [0.15, 0.2) is 37.2 Å². The minimum atomic E-state index is -0.175. The van der Waals surface area contributed by atoms with E-state index in [0.717, 1.165) is 278 Å². The first-order valence-corrected chi connectivity index (χ1v) is 43.0. The fraction of sp³-hybridized carbons (Fsp3) is 0.753. The van der Waals surface area contributed by atoms with E-state index in [1.54, 1.807) is 0 Å². The van der Waals surface area contributed by atoms with Crippen LogP contribution in [0, 0.1) is 17.8 Å². The highest BCUT2D eigenvalue weighted by Gasteiger charge is 2.38. The maximum Gasteiger partial charge on any atom is 0.225 e. The van der Waals surface area contributed by atoms with Gasteiger partial charge in [-0.15, -0.1) is 0 Å². The summed E-state index contributed by atoms with van der Waals surface area (Å²) in [7, 11) is 2.15. The summed E-state index contributed by atoms with van der Waals surface area (Å²) >= 11 is 0. The molecule has 0 unspecified atom stereocenters. The van der Waals surface area contributed by atoms with E-state index in [9.17, 15) is 29.7 Å². The molecule has 15 rings (SSSR count). The molecule has 6 aromatic heterocycles. The van der Waals surface area contributed by atoms with Crippen LogP contribution in [0.3, 0.4) is 0 Å². The van der Waals surface area contributed by atoms with E-state index in [2.05, 4.69) is 116 Å². The Morgan fingerprint density at radius 3 is 0.935 bits per heavy atom. The van der Waals surface area contributed by atoms with Crippen molar-refractivity contribution in [1.29, 1.82) is 0 Å². The highest BCUT2D eigenvalue weighted by atomic mass is 16.3. The Morgan fingerprint density at radius 1 is 0.383 bits per heavy atom. The number of likely N-dealkylation sites (tertiary alicyclic amines) is 4. The zero-order valence-electron chi connectivity index (χ0n) is 66.2. The molecule has 22 nitrogen and oxygen atoms in total. The summed E-state index contributed by atoms with van der Waals surface area (Å²) in [6.45, 7) is 20.3.